The summed E-state index contributed by atoms with van der Waals surface area (Å²) in [7, 11) is 0. The molecule has 2 rings (SSSR count). The van der Waals surface area contributed by atoms with Crippen molar-refractivity contribution in [2.45, 2.75) is 72.1 Å². The van der Waals surface area contributed by atoms with Gasteiger partial charge in [0, 0.05) is 13.1 Å². The number of ether oxygens (including phenoxy) is 2. The molecule has 0 aromatic carbocycles. The summed E-state index contributed by atoms with van der Waals surface area (Å²) in [6.07, 6.45) is 14.6. The van der Waals surface area contributed by atoms with E-state index in [-0.39, 0.29) is 0 Å². The van der Waals surface area contributed by atoms with Gasteiger partial charge in [0.2, 0.25) is 0 Å². The number of hydrogen-bond acceptors (Lipinski definition) is 4. The summed E-state index contributed by atoms with van der Waals surface area (Å²) >= 11 is 1.82. The van der Waals surface area contributed by atoms with Crippen molar-refractivity contribution in [3.8, 4) is 11.5 Å². The minimum atomic E-state index is 0.653. The minimum Gasteiger partial charge on any atom is -0.485 e. The Morgan fingerprint density at radius 1 is 0.880 bits per heavy atom. The first kappa shape index (κ1) is 20.2. The van der Waals surface area contributed by atoms with E-state index >= 15 is 0 Å². The average molecular weight is 366 g/mol. The van der Waals surface area contributed by atoms with Crippen molar-refractivity contribution < 1.29 is 9.47 Å². The fraction of sp³-hybridized carbons (Fsp3) is 0.714. The first-order valence-electron chi connectivity index (χ1n) is 10.1. The molecule has 1 aromatic rings. The third-order valence-electron chi connectivity index (χ3n) is 4.58. The predicted molar refractivity (Wildman–Crippen MR) is 111 cm³/mol. The van der Waals surface area contributed by atoms with Gasteiger partial charge in [0.15, 0.2) is 11.5 Å². The molecule has 0 N–H and O–H groups in total. The fourth-order valence-corrected chi connectivity index (χ4v) is 4.41. The lowest BCUT2D eigenvalue weighted by molar-refractivity contribution is 0.173. The highest BCUT2D eigenvalue weighted by Gasteiger charge is 2.26. The SMILES string of the molecule is C/C=C/c1sc(N(CCCCCC)CCCCCC)c2c1OCCO2. The summed E-state index contributed by atoms with van der Waals surface area (Å²) in [5.41, 5.74) is 0. The summed E-state index contributed by atoms with van der Waals surface area (Å²) in [5.74, 6) is 1.94. The maximum atomic E-state index is 6.03. The van der Waals surface area contributed by atoms with Crippen LogP contribution in [-0.4, -0.2) is 26.3 Å². The van der Waals surface area contributed by atoms with E-state index in [9.17, 15) is 0 Å². The molecule has 0 bridgehead atoms. The number of allylic oxidation sites excluding steroid dienone is 1. The predicted octanol–water partition coefficient (Wildman–Crippen LogP) is 6.52. The van der Waals surface area contributed by atoms with Gasteiger partial charge in [-0.25, -0.2) is 0 Å². The Bertz CT molecular complexity index is 512. The van der Waals surface area contributed by atoms with Crippen LogP contribution in [0.3, 0.4) is 0 Å². The Morgan fingerprint density at radius 3 is 2.04 bits per heavy atom. The van der Waals surface area contributed by atoms with E-state index in [4.69, 9.17) is 9.47 Å². The topological polar surface area (TPSA) is 21.7 Å². The van der Waals surface area contributed by atoms with Gasteiger partial charge in [0.1, 0.15) is 18.2 Å². The second-order valence-electron chi connectivity index (χ2n) is 6.74. The molecule has 0 spiro atoms. The van der Waals surface area contributed by atoms with Crippen LogP contribution < -0.4 is 14.4 Å². The van der Waals surface area contributed by atoms with Crippen molar-refractivity contribution in [2.75, 3.05) is 31.2 Å². The quantitative estimate of drug-likeness (QED) is 0.394. The second kappa shape index (κ2) is 11.5. The third kappa shape index (κ3) is 5.95. The Kier molecular flexibility index (Phi) is 9.23. The molecule has 0 unspecified atom stereocenters. The van der Waals surface area contributed by atoms with Crippen LogP contribution in [0.1, 0.15) is 77.0 Å². The molecule has 3 nitrogen and oxygen atoms in total. The number of hydrogen-bond donors (Lipinski definition) is 0. The van der Waals surface area contributed by atoms with Gasteiger partial charge >= 0.3 is 0 Å². The zero-order valence-electron chi connectivity index (χ0n) is 16.3. The Balaban J connectivity index is 2.13. The highest BCUT2D eigenvalue weighted by molar-refractivity contribution is 7.17. The summed E-state index contributed by atoms with van der Waals surface area (Å²) in [4.78, 5) is 3.75. The maximum Gasteiger partial charge on any atom is 0.196 e. The van der Waals surface area contributed by atoms with Crippen molar-refractivity contribution in [2.24, 2.45) is 0 Å². The van der Waals surface area contributed by atoms with E-state index in [2.05, 4.69) is 37.8 Å². The van der Waals surface area contributed by atoms with Crippen LogP contribution in [0, 0.1) is 0 Å². The van der Waals surface area contributed by atoms with Crippen LogP contribution >= 0.6 is 11.3 Å². The van der Waals surface area contributed by atoms with Crippen LogP contribution in [0.25, 0.3) is 6.08 Å². The van der Waals surface area contributed by atoms with Crippen LogP contribution in [0.15, 0.2) is 6.08 Å². The molecule has 0 atom stereocenters. The van der Waals surface area contributed by atoms with Gasteiger partial charge in [-0.15, -0.1) is 11.3 Å². The number of anilines is 1. The molecule has 142 valence electrons. The molecule has 0 aliphatic carbocycles. The van der Waals surface area contributed by atoms with Crippen molar-refractivity contribution in [1.82, 2.24) is 0 Å². The molecular weight excluding hydrogens is 330 g/mol. The third-order valence-corrected chi connectivity index (χ3v) is 5.75. The smallest absolute Gasteiger partial charge is 0.196 e. The number of thiophene rings is 1. The van der Waals surface area contributed by atoms with E-state index in [0.717, 1.165) is 24.6 Å². The van der Waals surface area contributed by atoms with Gasteiger partial charge in [0.25, 0.3) is 0 Å². The van der Waals surface area contributed by atoms with Gasteiger partial charge in [-0.3, -0.25) is 0 Å². The molecule has 0 fully saturated rings. The van der Waals surface area contributed by atoms with E-state index in [1.54, 1.807) is 0 Å². The van der Waals surface area contributed by atoms with Gasteiger partial charge in [0.05, 0.1) is 4.88 Å². The molecule has 0 radical (unpaired) electrons. The van der Waals surface area contributed by atoms with Crippen LogP contribution in [0.2, 0.25) is 0 Å². The molecule has 2 heterocycles. The number of nitrogens with zero attached hydrogens (tertiary/aromatic N) is 1. The molecular formula is C21H35NO2S. The highest BCUT2D eigenvalue weighted by atomic mass is 32.1. The van der Waals surface area contributed by atoms with Crippen molar-refractivity contribution in [3.63, 3.8) is 0 Å². The molecule has 1 aliphatic rings. The summed E-state index contributed by atoms with van der Waals surface area (Å²) in [6, 6.07) is 0. The zero-order valence-corrected chi connectivity index (χ0v) is 17.1. The molecule has 25 heavy (non-hydrogen) atoms. The summed E-state index contributed by atoms with van der Waals surface area (Å²) in [5, 5.41) is 1.27. The lowest BCUT2D eigenvalue weighted by atomic mass is 10.1. The van der Waals surface area contributed by atoms with Crippen LogP contribution in [0.4, 0.5) is 5.00 Å². The normalized spacial score (nSPS) is 13.6. The van der Waals surface area contributed by atoms with Gasteiger partial charge in [-0.2, -0.15) is 0 Å². The standard InChI is InChI=1S/C21H35NO2S/c1-4-7-9-11-14-22(15-12-10-8-5-2)21-20-19(23-16-17-24-20)18(25-21)13-6-3/h6,13H,4-5,7-12,14-17H2,1-3H3/b13-6+. The molecule has 0 saturated carbocycles. The largest absolute Gasteiger partial charge is 0.485 e. The van der Waals surface area contributed by atoms with E-state index in [1.807, 2.05) is 11.3 Å². The molecule has 0 amide bonds. The monoisotopic (exact) mass is 365 g/mol. The molecule has 1 aromatic heterocycles. The first-order valence-corrected chi connectivity index (χ1v) is 10.9. The summed E-state index contributed by atoms with van der Waals surface area (Å²) in [6.45, 7) is 10.2. The maximum absolute atomic E-state index is 6.03. The fourth-order valence-electron chi connectivity index (χ4n) is 3.20. The number of rotatable bonds is 12. The minimum absolute atomic E-state index is 0.653. The Morgan fingerprint density at radius 2 is 1.48 bits per heavy atom. The van der Waals surface area contributed by atoms with Gasteiger partial charge in [-0.05, 0) is 25.8 Å². The van der Waals surface area contributed by atoms with Crippen molar-refractivity contribution in [1.29, 1.82) is 0 Å². The summed E-state index contributed by atoms with van der Waals surface area (Å²) < 4.78 is 12.0. The highest BCUT2D eigenvalue weighted by Crippen LogP contribution is 2.50. The van der Waals surface area contributed by atoms with Crippen LogP contribution in [0.5, 0.6) is 11.5 Å². The lowest BCUT2D eigenvalue weighted by Crippen LogP contribution is -2.26. The Hall–Kier alpha value is -1.16. The van der Waals surface area contributed by atoms with E-state index in [0.29, 0.717) is 13.2 Å². The molecule has 1 aliphatic heterocycles. The Labute approximate surface area is 158 Å². The van der Waals surface area contributed by atoms with Crippen LogP contribution in [-0.2, 0) is 0 Å². The average Bonchev–Trinajstić information content (AvgIpc) is 3.00. The second-order valence-corrected chi connectivity index (χ2v) is 7.77. The van der Waals surface area contributed by atoms with Crippen molar-refractivity contribution >= 4 is 22.4 Å². The van der Waals surface area contributed by atoms with Crippen molar-refractivity contribution in [3.05, 3.63) is 11.0 Å². The lowest BCUT2D eigenvalue weighted by Gasteiger charge is -2.26. The van der Waals surface area contributed by atoms with Gasteiger partial charge < -0.3 is 14.4 Å². The first-order chi connectivity index (χ1) is 12.3. The molecule has 4 heteroatoms. The molecule has 0 saturated heterocycles. The van der Waals surface area contributed by atoms with Gasteiger partial charge in [-0.1, -0.05) is 58.4 Å². The number of fused-ring (bicyclic) bond motifs is 1. The van der Waals surface area contributed by atoms with E-state index < -0.39 is 0 Å². The number of unbranched alkanes of at least 4 members (excludes halogenated alkanes) is 6. The zero-order chi connectivity index (χ0) is 17.9. The van der Waals surface area contributed by atoms with E-state index in [1.165, 1.54) is 61.2 Å².